The van der Waals surface area contributed by atoms with Crippen LogP contribution < -0.4 is 5.32 Å². The molecule has 1 aliphatic rings. The van der Waals surface area contributed by atoms with Crippen LogP contribution in [0.1, 0.15) is 43.0 Å². The third-order valence-corrected chi connectivity index (χ3v) is 5.20. The largest absolute Gasteiger partial charge is 0.388 e. The first kappa shape index (κ1) is 15.8. The number of amides is 1. The Morgan fingerprint density at radius 1 is 1.50 bits per heavy atom. The van der Waals surface area contributed by atoms with Gasteiger partial charge in [0.1, 0.15) is 0 Å². The van der Waals surface area contributed by atoms with Crippen molar-refractivity contribution in [3.05, 3.63) is 33.3 Å². The minimum atomic E-state index is -0.763. The Labute approximate surface area is 132 Å². The molecular formula is C15H19BrClNO2. The van der Waals surface area contributed by atoms with Gasteiger partial charge in [-0.3, -0.25) is 4.79 Å². The first-order valence-corrected chi connectivity index (χ1v) is 8.02. The van der Waals surface area contributed by atoms with Gasteiger partial charge in [-0.25, -0.2) is 0 Å². The van der Waals surface area contributed by atoms with Gasteiger partial charge in [-0.05, 0) is 65.7 Å². The molecule has 0 unspecified atom stereocenters. The maximum Gasteiger partial charge on any atom is 0.251 e. The van der Waals surface area contributed by atoms with Crippen LogP contribution in [0.25, 0.3) is 0 Å². The first-order chi connectivity index (χ1) is 9.39. The third kappa shape index (κ3) is 3.96. The summed E-state index contributed by atoms with van der Waals surface area (Å²) < 4.78 is 0.760. The maximum absolute atomic E-state index is 12.1. The Kier molecular flexibility index (Phi) is 5.10. The molecule has 1 aromatic carbocycles. The minimum Gasteiger partial charge on any atom is -0.388 e. The number of rotatable bonds is 3. The van der Waals surface area contributed by atoms with Crippen LogP contribution in [0.2, 0.25) is 5.02 Å². The molecule has 0 aliphatic heterocycles. The lowest BCUT2D eigenvalue weighted by molar-refractivity contribution is -0.00539. The minimum absolute atomic E-state index is 0.202. The van der Waals surface area contributed by atoms with Gasteiger partial charge in [0.2, 0.25) is 0 Å². The Morgan fingerprint density at radius 3 is 2.75 bits per heavy atom. The van der Waals surface area contributed by atoms with Crippen molar-refractivity contribution in [1.82, 2.24) is 5.32 Å². The fourth-order valence-corrected chi connectivity index (χ4v) is 2.89. The number of aliphatic hydroxyl groups is 1. The molecule has 20 heavy (non-hydrogen) atoms. The molecule has 1 fully saturated rings. The molecule has 2 N–H and O–H groups in total. The fourth-order valence-electron chi connectivity index (χ4n) is 2.46. The average molecular weight is 361 g/mol. The molecule has 0 saturated heterocycles. The molecule has 1 aromatic rings. The molecule has 0 aromatic heterocycles. The summed E-state index contributed by atoms with van der Waals surface area (Å²) in [6, 6.07) is 5.07. The standard InChI is InChI=1S/C15H19BrClNO2/c1-10-4-6-15(20,7-5-10)9-18-14(19)11-2-3-12(16)13(17)8-11/h2-3,8,10,20H,4-7,9H2,1H3,(H,18,19). The molecule has 0 heterocycles. The van der Waals surface area contributed by atoms with Crippen LogP contribution in [0, 0.1) is 5.92 Å². The van der Waals surface area contributed by atoms with E-state index in [1.54, 1.807) is 18.2 Å². The van der Waals surface area contributed by atoms with Gasteiger partial charge in [0, 0.05) is 16.6 Å². The number of carbonyl (C=O) groups excluding carboxylic acids is 1. The summed E-state index contributed by atoms with van der Waals surface area (Å²) in [6.07, 6.45) is 3.51. The van der Waals surface area contributed by atoms with Gasteiger partial charge in [-0.1, -0.05) is 18.5 Å². The van der Waals surface area contributed by atoms with Crippen molar-refractivity contribution in [3.8, 4) is 0 Å². The number of hydrogen-bond donors (Lipinski definition) is 2. The molecule has 1 saturated carbocycles. The van der Waals surface area contributed by atoms with Gasteiger partial charge in [0.05, 0.1) is 10.6 Å². The molecule has 1 amide bonds. The summed E-state index contributed by atoms with van der Waals surface area (Å²) in [5.74, 6) is 0.461. The average Bonchev–Trinajstić information content (AvgIpc) is 2.43. The van der Waals surface area contributed by atoms with Gasteiger partial charge in [0.25, 0.3) is 5.91 Å². The first-order valence-electron chi connectivity index (χ1n) is 6.85. The molecule has 110 valence electrons. The predicted molar refractivity (Wildman–Crippen MR) is 84.1 cm³/mol. The van der Waals surface area contributed by atoms with Crippen molar-refractivity contribution < 1.29 is 9.90 Å². The lowest BCUT2D eigenvalue weighted by Crippen LogP contribution is -2.45. The zero-order valence-electron chi connectivity index (χ0n) is 11.5. The highest BCUT2D eigenvalue weighted by molar-refractivity contribution is 9.10. The third-order valence-electron chi connectivity index (χ3n) is 3.96. The SMILES string of the molecule is CC1CCC(O)(CNC(=O)c2ccc(Br)c(Cl)c2)CC1. The summed E-state index contributed by atoms with van der Waals surface area (Å²) in [6.45, 7) is 2.49. The second-order valence-electron chi connectivity index (χ2n) is 5.72. The topological polar surface area (TPSA) is 49.3 Å². The highest BCUT2D eigenvalue weighted by atomic mass is 79.9. The maximum atomic E-state index is 12.1. The van der Waals surface area contributed by atoms with E-state index in [9.17, 15) is 9.90 Å². The summed E-state index contributed by atoms with van der Waals surface area (Å²) in [4.78, 5) is 12.1. The van der Waals surface area contributed by atoms with E-state index in [0.717, 1.165) is 30.2 Å². The van der Waals surface area contributed by atoms with E-state index >= 15 is 0 Å². The molecule has 3 nitrogen and oxygen atoms in total. The molecular weight excluding hydrogens is 342 g/mol. The second kappa shape index (κ2) is 6.46. The van der Waals surface area contributed by atoms with Crippen molar-refractivity contribution in [2.24, 2.45) is 5.92 Å². The van der Waals surface area contributed by atoms with Crippen LogP contribution >= 0.6 is 27.5 Å². The quantitative estimate of drug-likeness (QED) is 0.862. The Balaban J connectivity index is 1.93. The molecule has 5 heteroatoms. The predicted octanol–water partition coefficient (Wildman–Crippen LogP) is 3.77. The summed E-state index contributed by atoms with van der Waals surface area (Å²) in [5.41, 5.74) is -0.257. The number of carbonyl (C=O) groups is 1. The van der Waals surface area contributed by atoms with Gasteiger partial charge in [-0.15, -0.1) is 0 Å². The van der Waals surface area contributed by atoms with Crippen molar-refractivity contribution in [2.75, 3.05) is 6.54 Å². The van der Waals surface area contributed by atoms with Crippen LogP contribution in [0.3, 0.4) is 0 Å². The zero-order chi connectivity index (χ0) is 14.8. The monoisotopic (exact) mass is 359 g/mol. The molecule has 0 bridgehead atoms. The fraction of sp³-hybridized carbons (Fsp3) is 0.533. The van der Waals surface area contributed by atoms with E-state index in [0.29, 0.717) is 23.0 Å². The molecule has 1 aliphatic carbocycles. The lowest BCUT2D eigenvalue weighted by Gasteiger charge is -2.34. The van der Waals surface area contributed by atoms with E-state index in [1.807, 2.05) is 0 Å². The van der Waals surface area contributed by atoms with Crippen LogP contribution in [0.15, 0.2) is 22.7 Å². The normalized spacial score (nSPS) is 26.3. The molecule has 0 spiro atoms. The lowest BCUT2D eigenvalue weighted by atomic mass is 9.79. The highest BCUT2D eigenvalue weighted by Crippen LogP contribution is 2.31. The van der Waals surface area contributed by atoms with E-state index in [4.69, 9.17) is 11.6 Å². The Hall–Kier alpha value is -0.580. The van der Waals surface area contributed by atoms with Crippen molar-refractivity contribution >= 4 is 33.4 Å². The smallest absolute Gasteiger partial charge is 0.251 e. The van der Waals surface area contributed by atoms with Gasteiger partial charge in [0.15, 0.2) is 0 Å². The molecule has 0 atom stereocenters. The second-order valence-corrected chi connectivity index (χ2v) is 6.98. The number of halogens is 2. The van der Waals surface area contributed by atoms with Crippen LogP contribution in [0.4, 0.5) is 0 Å². The molecule has 0 radical (unpaired) electrons. The molecule has 2 rings (SSSR count). The summed E-state index contributed by atoms with van der Waals surface area (Å²) in [7, 11) is 0. The van der Waals surface area contributed by atoms with E-state index in [1.165, 1.54) is 0 Å². The van der Waals surface area contributed by atoms with E-state index in [-0.39, 0.29) is 5.91 Å². The Morgan fingerprint density at radius 2 is 2.15 bits per heavy atom. The van der Waals surface area contributed by atoms with Crippen LogP contribution in [-0.4, -0.2) is 23.2 Å². The number of benzene rings is 1. The Bertz CT molecular complexity index is 499. The van der Waals surface area contributed by atoms with Crippen LogP contribution in [0.5, 0.6) is 0 Å². The van der Waals surface area contributed by atoms with E-state index in [2.05, 4.69) is 28.2 Å². The van der Waals surface area contributed by atoms with Gasteiger partial charge in [-0.2, -0.15) is 0 Å². The van der Waals surface area contributed by atoms with E-state index < -0.39 is 5.60 Å². The van der Waals surface area contributed by atoms with Crippen molar-refractivity contribution in [1.29, 1.82) is 0 Å². The van der Waals surface area contributed by atoms with Crippen LogP contribution in [-0.2, 0) is 0 Å². The summed E-state index contributed by atoms with van der Waals surface area (Å²) in [5, 5.41) is 13.7. The number of nitrogens with one attached hydrogen (secondary N) is 1. The zero-order valence-corrected chi connectivity index (χ0v) is 13.8. The van der Waals surface area contributed by atoms with Gasteiger partial charge >= 0.3 is 0 Å². The summed E-state index contributed by atoms with van der Waals surface area (Å²) >= 11 is 9.26. The van der Waals surface area contributed by atoms with Gasteiger partial charge < -0.3 is 10.4 Å². The highest BCUT2D eigenvalue weighted by Gasteiger charge is 2.32. The van der Waals surface area contributed by atoms with Crippen molar-refractivity contribution in [3.63, 3.8) is 0 Å². The van der Waals surface area contributed by atoms with Crippen molar-refractivity contribution in [2.45, 2.75) is 38.2 Å². The number of hydrogen-bond acceptors (Lipinski definition) is 2.